The molecule has 3 aromatic rings. The number of nitrogens with one attached hydrogen (secondary N) is 2. The fourth-order valence-corrected chi connectivity index (χ4v) is 4.13. The van der Waals surface area contributed by atoms with Crippen LogP contribution in [-0.4, -0.2) is 30.0 Å². The molecule has 158 valence electrons. The molecular formula is C20H19F2N3O3S2. The number of carbonyl (C=O) groups excluding carboxylic acids is 2. The summed E-state index contributed by atoms with van der Waals surface area (Å²) in [5.41, 5.74) is 2.02. The van der Waals surface area contributed by atoms with Gasteiger partial charge in [-0.3, -0.25) is 9.59 Å². The number of thiazole rings is 1. The number of ether oxygens (including phenoxy) is 1. The second kappa shape index (κ2) is 10.3. The van der Waals surface area contributed by atoms with Crippen molar-refractivity contribution < 1.29 is 23.1 Å². The molecule has 0 atom stereocenters. The molecule has 1 aromatic carbocycles. The number of aromatic nitrogens is 1. The Morgan fingerprint density at radius 1 is 1.20 bits per heavy atom. The number of alkyl halides is 2. The van der Waals surface area contributed by atoms with Crippen molar-refractivity contribution >= 4 is 39.6 Å². The summed E-state index contributed by atoms with van der Waals surface area (Å²) in [5, 5.41) is 9.59. The van der Waals surface area contributed by atoms with Gasteiger partial charge in [-0.25, -0.2) is 4.98 Å². The van der Waals surface area contributed by atoms with Crippen LogP contribution in [-0.2, 0) is 4.79 Å². The average molecular weight is 452 g/mol. The third-order valence-corrected chi connectivity index (χ3v) is 5.61. The zero-order chi connectivity index (χ0) is 21.5. The molecule has 6 nitrogen and oxygen atoms in total. The van der Waals surface area contributed by atoms with E-state index in [9.17, 15) is 18.4 Å². The van der Waals surface area contributed by atoms with Gasteiger partial charge in [0.2, 0.25) is 5.91 Å². The number of hydrogen-bond donors (Lipinski definition) is 2. The third-order valence-electron chi connectivity index (χ3n) is 4.05. The van der Waals surface area contributed by atoms with Gasteiger partial charge in [-0.2, -0.15) is 20.1 Å². The molecule has 2 amide bonds. The van der Waals surface area contributed by atoms with Crippen molar-refractivity contribution in [2.45, 2.75) is 26.4 Å². The van der Waals surface area contributed by atoms with Crippen molar-refractivity contribution in [3.05, 3.63) is 51.5 Å². The number of aryl methyl sites for hydroxylation is 1. The molecule has 0 aliphatic rings. The summed E-state index contributed by atoms with van der Waals surface area (Å²) >= 11 is 2.78. The lowest BCUT2D eigenvalue weighted by molar-refractivity contribution is -0.116. The van der Waals surface area contributed by atoms with Crippen LogP contribution < -0.4 is 15.4 Å². The van der Waals surface area contributed by atoms with E-state index in [1.807, 2.05) is 12.3 Å². The molecule has 2 heterocycles. The topological polar surface area (TPSA) is 80.3 Å². The second-order valence-corrected chi connectivity index (χ2v) is 8.23. The van der Waals surface area contributed by atoms with E-state index in [1.54, 1.807) is 23.6 Å². The van der Waals surface area contributed by atoms with Crippen molar-refractivity contribution in [3.8, 4) is 17.0 Å². The summed E-state index contributed by atoms with van der Waals surface area (Å²) in [6.45, 7) is -0.605. The summed E-state index contributed by atoms with van der Waals surface area (Å²) in [6, 6.07) is 7.92. The van der Waals surface area contributed by atoms with E-state index in [0.29, 0.717) is 29.4 Å². The number of benzene rings is 1. The maximum absolute atomic E-state index is 12.3. The van der Waals surface area contributed by atoms with E-state index in [4.69, 9.17) is 0 Å². The molecule has 0 fully saturated rings. The molecule has 3 rings (SSSR count). The minimum absolute atomic E-state index is 0.0706. The van der Waals surface area contributed by atoms with Crippen LogP contribution in [0.3, 0.4) is 0 Å². The van der Waals surface area contributed by atoms with Gasteiger partial charge in [-0.05, 0) is 49.1 Å². The SMILES string of the molecule is Cc1sc(NC(=O)CCCNC(=O)c2ccsc2)nc1-c1ccc(OC(F)F)cc1. The molecule has 30 heavy (non-hydrogen) atoms. The molecule has 0 bridgehead atoms. The molecule has 0 spiro atoms. The monoisotopic (exact) mass is 451 g/mol. The number of nitrogens with zero attached hydrogens (tertiary/aromatic N) is 1. The normalized spacial score (nSPS) is 10.8. The zero-order valence-electron chi connectivity index (χ0n) is 16.0. The highest BCUT2D eigenvalue weighted by Crippen LogP contribution is 2.31. The van der Waals surface area contributed by atoms with Crippen LogP contribution in [0.25, 0.3) is 11.3 Å². The van der Waals surface area contributed by atoms with Crippen LogP contribution in [0.5, 0.6) is 5.75 Å². The second-order valence-electron chi connectivity index (χ2n) is 6.25. The predicted molar refractivity (Wildman–Crippen MR) is 113 cm³/mol. The number of hydrogen-bond acceptors (Lipinski definition) is 6. The molecule has 0 saturated carbocycles. The Labute approximate surface area is 179 Å². The van der Waals surface area contributed by atoms with Crippen molar-refractivity contribution in [2.24, 2.45) is 0 Å². The number of rotatable bonds is 9. The molecule has 2 aromatic heterocycles. The van der Waals surface area contributed by atoms with Gasteiger partial charge in [-0.15, -0.1) is 11.3 Å². The molecule has 0 aliphatic carbocycles. The largest absolute Gasteiger partial charge is 0.435 e. The fourth-order valence-electron chi connectivity index (χ4n) is 2.64. The first kappa shape index (κ1) is 21.8. The summed E-state index contributed by atoms with van der Waals surface area (Å²) < 4.78 is 28.9. The molecule has 2 N–H and O–H groups in total. The van der Waals surface area contributed by atoms with E-state index in [2.05, 4.69) is 20.4 Å². The predicted octanol–water partition coefficient (Wildman–Crippen LogP) is 4.93. The molecule has 0 saturated heterocycles. The summed E-state index contributed by atoms with van der Waals surface area (Å²) in [4.78, 5) is 29.3. The highest BCUT2D eigenvalue weighted by atomic mass is 32.1. The maximum Gasteiger partial charge on any atom is 0.387 e. The van der Waals surface area contributed by atoms with E-state index >= 15 is 0 Å². The van der Waals surface area contributed by atoms with Gasteiger partial charge in [0.1, 0.15) is 5.75 Å². The first-order chi connectivity index (χ1) is 14.4. The maximum atomic E-state index is 12.3. The molecule has 10 heteroatoms. The number of halogens is 2. The zero-order valence-corrected chi connectivity index (χ0v) is 17.6. The van der Waals surface area contributed by atoms with Gasteiger partial charge >= 0.3 is 6.61 Å². The minimum Gasteiger partial charge on any atom is -0.435 e. The van der Waals surface area contributed by atoms with Crippen LogP contribution in [0.15, 0.2) is 41.1 Å². The Kier molecular flexibility index (Phi) is 7.47. The number of amides is 2. The van der Waals surface area contributed by atoms with Crippen molar-refractivity contribution in [2.75, 3.05) is 11.9 Å². The van der Waals surface area contributed by atoms with E-state index in [0.717, 1.165) is 10.4 Å². The van der Waals surface area contributed by atoms with E-state index in [1.165, 1.54) is 34.8 Å². The van der Waals surface area contributed by atoms with Gasteiger partial charge in [-0.1, -0.05) is 0 Å². The molecule has 0 radical (unpaired) electrons. The Hall–Kier alpha value is -2.85. The molecule has 0 unspecified atom stereocenters. The Morgan fingerprint density at radius 3 is 2.63 bits per heavy atom. The summed E-state index contributed by atoms with van der Waals surface area (Å²) in [5.74, 6) is -0.274. The van der Waals surface area contributed by atoms with Crippen LogP contribution >= 0.6 is 22.7 Å². The summed E-state index contributed by atoms with van der Waals surface area (Å²) in [7, 11) is 0. The quantitative estimate of drug-likeness (QED) is 0.452. The first-order valence-corrected chi connectivity index (χ1v) is 10.8. The minimum atomic E-state index is -2.87. The Bertz CT molecular complexity index is 989. The van der Waals surface area contributed by atoms with Gasteiger partial charge in [0, 0.05) is 34.3 Å². The van der Waals surface area contributed by atoms with Gasteiger partial charge in [0.25, 0.3) is 5.91 Å². The molecular weight excluding hydrogens is 432 g/mol. The van der Waals surface area contributed by atoms with Crippen LogP contribution in [0.1, 0.15) is 28.1 Å². The van der Waals surface area contributed by atoms with Gasteiger partial charge in [0.15, 0.2) is 5.13 Å². The van der Waals surface area contributed by atoms with E-state index in [-0.39, 0.29) is 24.0 Å². The van der Waals surface area contributed by atoms with Crippen LogP contribution in [0.2, 0.25) is 0 Å². The lowest BCUT2D eigenvalue weighted by Gasteiger charge is -2.05. The average Bonchev–Trinajstić information content (AvgIpc) is 3.35. The van der Waals surface area contributed by atoms with E-state index < -0.39 is 6.61 Å². The summed E-state index contributed by atoms with van der Waals surface area (Å²) in [6.07, 6.45) is 0.752. The van der Waals surface area contributed by atoms with Crippen molar-refractivity contribution in [3.63, 3.8) is 0 Å². The van der Waals surface area contributed by atoms with Crippen molar-refractivity contribution in [1.82, 2.24) is 10.3 Å². The highest BCUT2D eigenvalue weighted by Gasteiger charge is 2.13. The number of carbonyl (C=O) groups is 2. The Balaban J connectivity index is 1.49. The van der Waals surface area contributed by atoms with Gasteiger partial charge in [0.05, 0.1) is 5.69 Å². The van der Waals surface area contributed by atoms with Crippen molar-refractivity contribution in [1.29, 1.82) is 0 Å². The number of anilines is 1. The van der Waals surface area contributed by atoms with Gasteiger partial charge < -0.3 is 15.4 Å². The van der Waals surface area contributed by atoms with Crippen LogP contribution in [0, 0.1) is 6.92 Å². The lowest BCUT2D eigenvalue weighted by atomic mass is 10.1. The number of thiophene rings is 1. The Morgan fingerprint density at radius 2 is 1.97 bits per heavy atom. The smallest absolute Gasteiger partial charge is 0.387 e. The fraction of sp³-hybridized carbons (Fsp3) is 0.250. The first-order valence-electron chi connectivity index (χ1n) is 9.05. The standard InChI is InChI=1S/C20H19F2N3O3S2/c1-12-17(13-4-6-15(7-5-13)28-19(21)22)25-20(30-12)24-16(26)3-2-9-23-18(27)14-8-10-29-11-14/h4-8,10-11,19H,2-3,9H2,1H3,(H,23,27)(H,24,25,26). The lowest BCUT2D eigenvalue weighted by Crippen LogP contribution is -2.25. The highest BCUT2D eigenvalue weighted by molar-refractivity contribution is 7.16. The third kappa shape index (κ3) is 6.07. The van der Waals surface area contributed by atoms with Crippen LogP contribution in [0.4, 0.5) is 13.9 Å². The molecule has 0 aliphatic heterocycles.